The molecule has 2 rings (SSSR count). The standard InChI is InChI=1S/C13H23NO/c1-2-4-11-7-9-14(10-8-11)12-5-3-6-13(12)15/h11-12H,2-10H2,1H3. The van der Waals surface area contributed by atoms with Gasteiger partial charge in [0.1, 0.15) is 5.78 Å². The molecule has 1 saturated heterocycles. The van der Waals surface area contributed by atoms with E-state index in [9.17, 15) is 4.79 Å². The zero-order valence-electron chi connectivity index (χ0n) is 9.87. The zero-order valence-corrected chi connectivity index (χ0v) is 9.87. The van der Waals surface area contributed by atoms with Crippen LogP contribution in [0.4, 0.5) is 0 Å². The van der Waals surface area contributed by atoms with E-state index in [-0.39, 0.29) is 0 Å². The molecule has 0 N–H and O–H groups in total. The van der Waals surface area contributed by atoms with Gasteiger partial charge in [-0.2, -0.15) is 0 Å². The molecule has 0 aromatic heterocycles. The summed E-state index contributed by atoms with van der Waals surface area (Å²) in [6.07, 6.45) is 8.41. The van der Waals surface area contributed by atoms with Crippen LogP contribution in [0.1, 0.15) is 51.9 Å². The third-order valence-corrected chi connectivity index (χ3v) is 4.06. The average Bonchev–Trinajstić information content (AvgIpc) is 2.66. The summed E-state index contributed by atoms with van der Waals surface area (Å²) in [5, 5.41) is 0. The molecule has 1 heterocycles. The summed E-state index contributed by atoms with van der Waals surface area (Å²) in [6, 6.07) is 0.299. The normalized spacial score (nSPS) is 29.9. The maximum absolute atomic E-state index is 11.6. The summed E-state index contributed by atoms with van der Waals surface area (Å²) in [7, 11) is 0. The highest BCUT2D eigenvalue weighted by molar-refractivity contribution is 5.85. The van der Waals surface area contributed by atoms with E-state index >= 15 is 0 Å². The van der Waals surface area contributed by atoms with E-state index in [1.165, 1.54) is 38.8 Å². The van der Waals surface area contributed by atoms with Gasteiger partial charge >= 0.3 is 0 Å². The largest absolute Gasteiger partial charge is 0.298 e. The minimum absolute atomic E-state index is 0.299. The van der Waals surface area contributed by atoms with Gasteiger partial charge in [0.05, 0.1) is 6.04 Å². The Bertz CT molecular complexity index is 219. The molecule has 0 aromatic carbocycles. The molecular formula is C13H23NO. The Kier molecular flexibility index (Phi) is 3.79. The van der Waals surface area contributed by atoms with Gasteiger partial charge in [-0.05, 0) is 44.7 Å². The second kappa shape index (κ2) is 5.11. The van der Waals surface area contributed by atoms with Crippen molar-refractivity contribution in [3.05, 3.63) is 0 Å². The van der Waals surface area contributed by atoms with E-state index in [1.54, 1.807) is 0 Å². The predicted molar refractivity (Wildman–Crippen MR) is 61.9 cm³/mol. The second-order valence-electron chi connectivity index (χ2n) is 5.14. The van der Waals surface area contributed by atoms with Gasteiger partial charge in [0.25, 0.3) is 0 Å². The summed E-state index contributed by atoms with van der Waals surface area (Å²) < 4.78 is 0. The van der Waals surface area contributed by atoms with Crippen LogP contribution in [0.2, 0.25) is 0 Å². The van der Waals surface area contributed by atoms with E-state index in [1.807, 2.05) is 0 Å². The van der Waals surface area contributed by atoms with Crippen LogP contribution in [-0.4, -0.2) is 29.8 Å². The first kappa shape index (κ1) is 11.1. The van der Waals surface area contributed by atoms with Gasteiger partial charge in [-0.25, -0.2) is 0 Å². The van der Waals surface area contributed by atoms with Crippen molar-refractivity contribution in [3.8, 4) is 0 Å². The fraction of sp³-hybridized carbons (Fsp3) is 0.923. The Morgan fingerprint density at radius 1 is 1.27 bits per heavy atom. The topological polar surface area (TPSA) is 20.3 Å². The molecule has 2 heteroatoms. The molecule has 0 amide bonds. The lowest BCUT2D eigenvalue weighted by atomic mass is 9.91. The molecule has 0 aromatic rings. The molecule has 1 unspecified atom stereocenters. The first-order valence-electron chi connectivity index (χ1n) is 6.58. The Hall–Kier alpha value is -0.370. The molecule has 1 aliphatic carbocycles. The SMILES string of the molecule is CCCC1CCN(C2CCCC2=O)CC1. The van der Waals surface area contributed by atoms with Crippen molar-refractivity contribution in [2.45, 2.75) is 57.9 Å². The van der Waals surface area contributed by atoms with Gasteiger partial charge < -0.3 is 0 Å². The van der Waals surface area contributed by atoms with Gasteiger partial charge in [0, 0.05) is 6.42 Å². The van der Waals surface area contributed by atoms with Gasteiger partial charge in [0.2, 0.25) is 0 Å². The molecule has 86 valence electrons. The molecule has 0 radical (unpaired) electrons. The summed E-state index contributed by atoms with van der Waals surface area (Å²) >= 11 is 0. The maximum Gasteiger partial charge on any atom is 0.149 e. The van der Waals surface area contributed by atoms with Crippen LogP contribution in [0.25, 0.3) is 0 Å². The minimum atomic E-state index is 0.299. The van der Waals surface area contributed by atoms with Crippen LogP contribution in [0.15, 0.2) is 0 Å². The molecule has 2 fully saturated rings. The summed E-state index contributed by atoms with van der Waals surface area (Å²) in [4.78, 5) is 14.1. The average molecular weight is 209 g/mol. The van der Waals surface area contributed by atoms with Crippen LogP contribution < -0.4 is 0 Å². The smallest absolute Gasteiger partial charge is 0.149 e. The number of Topliss-reactive ketones (excluding diaryl/α,β-unsaturated/α-hetero) is 1. The maximum atomic E-state index is 11.6. The van der Waals surface area contributed by atoms with E-state index in [2.05, 4.69) is 11.8 Å². The lowest BCUT2D eigenvalue weighted by Gasteiger charge is -2.35. The molecule has 1 saturated carbocycles. The molecule has 2 aliphatic rings. The highest BCUT2D eigenvalue weighted by Gasteiger charge is 2.32. The van der Waals surface area contributed by atoms with Crippen molar-refractivity contribution in [2.75, 3.05) is 13.1 Å². The van der Waals surface area contributed by atoms with Gasteiger partial charge in [-0.3, -0.25) is 9.69 Å². The van der Waals surface area contributed by atoms with Crippen LogP contribution in [0, 0.1) is 5.92 Å². The summed E-state index contributed by atoms with van der Waals surface area (Å²) in [6.45, 7) is 4.61. The molecule has 0 spiro atoms. The van der Waals surface area contributed by atoms with Crippen molar-refractivity contribution in [2.24, 2.45) is 5.92 Å². The number of ketones is 1. The minimum Gasteiger partial charge on any atom is -0.298 e. The quantitative estimate of drug-likeness (QED) is 0.712. The van der Waals surface area contributed by atoms with Crippen molar-refractivity contribution in [1.29, 1.82) is 0 Å². The molecule has 0 bridgehead atoms. The molecule has 1 atom stereocenters. The highest BCUT2D eigenvalue weighted by Crippen LogP contribution is 2.27. The predicted octanol–water partition coefficient (Wildman–Crippen LogP) is 2.62. The van der Waals surface area contributed by atoms with Crippen LogP contribution in [-0.2, 0) is 4.79 Å². The van der Waals surface area contributed by atoms with E-state index in [0.29, 0.717) is 11.8 Å². The number of carbonyl (C=O) groups is 1. The monoisotopic (exact) mass is 209 g/mol. The van der Waals surface area contributed by atoms with Gasteiger partial charge in [0.15, 0.2) is 0 Å². The van der Waals surface area contributed by atoms with Crippen molar-refractivity contribution in [1.82, 2.24) is 4.90 Å². The second-order valence-corrected chi connectivity index (χ2v) is 5.14. The van der Waals surface area contributed by atoms with E-state index < -0.39 is 0 Å². The first-order valence-corrected chi connectivity index (χ1v) is 6.58. The van der Waals surface area contributed by atoms with Crippen LogP contribution >= 0.6 is 0 Å². The first-order chi connectivity index (χ1) is 7.31. The number of hydrogen-bond donors (Lipinski definition) is 0. The van der Waals surface area contributed by atoms with Crippen LogP contribution in [0.3, 0.4) is 0 Å². The third kappa shape index (κ3) is 2.60. The fourth-order valence-electron chi connectivity index (χ4n) is 3.14. The third-order valence-electron chi connectivity index (χ3n) is 4.06. The van der Waals surface area contributed by atoms with E-state index in [0.717, 1.165) is 25.2 Å². The highest BCUT2D eigenvalue weighted by atomic mass is 16.1. The molecule has 15 heavy (non-hydrogen) atoms. The summed E-state index contributed by atoms with van der Waals surface area (Å²) in [5.41, 5.74) is 0. The molecule has 2 nitrogen and oxygen atoms in total. The Labute approximate surface area is 93.0 Å². The lowest BCUT2D eigenvalue weighted by Crippen LogP contribution is -2.43. The van der Waals surface area contributed by atoms with Crippen LogP contribution in [0.5, 0.6) is 0 Å². The van der Waals surface area contributed by atoms with Gasteiger partial charge in [-0.15, -0.1) is 0 Å². The summed E-state index contributed by atoms with van der Waals surface area (Å²) in [5.74, 6) is 1.44. The van der Waals surface area contributed by atoms with E-state index in [4.69, 9.17) is 0 Å². The zero-order chi connectivity index (χ0) is 10.7. The molecular weight excluding hydrogens is 186 g/mol. The van der Waals surface area contributed by atoms with Crippen molar-refractivity contribution < 1.29 is 4.79 Å². The lowest BCUT2D eigenvalue weighted by molar-refractivity contribution is -0.122. The molecule has 1 aliphatic heterocycles. The number of rotatable bonds is 3. The number of piperidine rings is 1. The number of carbonyl (C=O) groups excluding carboxylic acids is 1. The number of hydrogen-bond acceptors (Lipinski definition) is 2. The number of likely N-dealkylation sites (tertiary alicyclic amines) is 1. The van der Waals surface area contributed by atoms with Crippen molar-refractivity contribution >= 4 is 5.78 Å². The number of nitrogens with zero attached hydrogens (tertiary/aromatic N) is 1. The Morgan fingerprint density at radius 2 is 2.00 bits per heavy atom. The van der Waals surface area contributed by atoms with Crippen molar-refractivity contribution in [3.63, 3.8) is 0 Å². The van der Waals surface area contributed by atoms with Gasteiger partial charge in [-0.1, -0.05) is 19.8 Å². The Balaban J connectivity index is 1.80. The fourth-order valence-corrected chi connectivity index (χ4v) is 3.14. The Morgan fingerprint density at radius 3 is 2.53 bits per heavy atom.